The first-order chi connectivity index (χ1) is 11.6. The van der Waals surface area contributed by atoms with Gasteiger partial charge in [-0.15, -0.1) is 0 Å². The summed E-state index contributed by atoms with van der Waals surface area (Å²) in [6.45, 7) is 5.86. The number of nitrogens with zero attached hydrogens (tertiary/aromatic N) is 1. The molecule has 1 aromatic rings. The maximum Gasteiger partial charge on any atom is 0.231 e. The molecule has 0 aromatic heterocycles. The smallest absolute Gasteiger partial charge is 0.231 e. The molecule has 1 aliphatic carbocycles. The molecule has 24 heavy (non-hydrogen) atoms. The van der Waals surface area contributed by atoms with Crippen molar-refractivity contribution in [2.45, 2.75) is 33.1 Å². The molecule has 0 saturated heterocycles. The lowest BCUT2D eigenvalue weighted by molar-refractivity contribution is -0.134. The number of carbonyl (C=O) groups excluding carboxylic acids is 2. The molecule has 1 saturated carbocycles. The molecule has 1 heterocycles. The zero-order chi connectivity index (χ0) is 17.1. The highest BCUT2D eigenvalue weighted by atomic mass is 16.7. The van der Waals surface area contributed by atoms with Gasteiger partial charge < -0.3 is 19.7 Å². The number of nitrogens with one attached hydrogen (secondary N) is 1. The molecule has 2 unspecified atom stereocenters. The Morgan fingerprint density at radius 1 is 1.12 bits per heavy atom. The van der Waals surface area contributed by atoms with E-state index in [-0.39, 0.29) is 30.4 Å². The van der Waals surface area contributed by atoms with Gasteiger partial charge in [0.15, 0.2) is 11.5 Å². The molecule has 2 amide bonds. The summed E-state index contributed by atoms with van der Waals surface area (Å²) in [5.41, 5.74) is 0.668. The van der Waals surface area contributed by atoms with Crippen molar-refractivity contribution in [1.82, 2.24) is 4.90 Å². The standard InChI is InChI=1S/C18H24N2O4/c1-3-7-20(8-4-2)18(22)14-10-13(14)17(21)19-12-5-6-15-16(9-12)24-11-23-15/h5-6,9,13-14H,3-4,7-8,10-11H2,1-2H3,(H,19,21). The van der Waals surface area contributed by atoms with Gasteiger partial charge in [0.1, 0.15) is 0 Å². The van der Waals surface area contributed by atoms with E-state index in [9.17, 15) is 9.59 Å². The number of carbonyl (C=O) groups is 2. The van der Waals surface area contributed by atoms with Crippen LogP contribution in [-0.2, 0) is 9.59 Å². The number of anilines is 1. The first-order valence-electron chi connectivity index (χ1n) is 8.63. The van der Waals surface area contributed by atoms with Crippen molar-refractivity contribution in [3.8, 4) is 11.5 Å². The van der Waals surface area contributed by atoms with Crippen molar-refractivity contribution in [2.75, 3.05) is 25.2 Å². The van der Waals surface area contributed by atoms with E-state index in [0.717, 1.165) is 25.9 Å². The second-order valence-electron chi connectivity index (χ2n) is 6.33. The number of rotatable bonds is 7. The lowest BCUT2D eigenvalue weighted by Gasteiger charge is -2.21. The van der Waals surface area contributed by atoms with Gasteiger partial charge in [-0.25, -0.2) is 0 Å². The minimum Gasteiger partial charge on any atom is -0.454 e. The quantitative estimate of drug-likeness (QED) is 0.833. The fourth-order valence-electron chi connectivity index (χ4n) is 3.07. The van der Waals surface area contributed by atoms with E-state index < -0.39 is 0 Å². The third kappa shape index (κ3) is 3.47. The van der Waals surface area contributed by atoms with Crippen molar-refractivity contribution >= 4 is 17.5 Å². The highest BCUT2D eigenvalue weighted by molar-refractivity contribution is 5.99. The molecular formula is C18H24N2O4. The first-order valence-corrected chi connectivity index (χ1v) is 8.63. The Morgan fingerprint density at radius 2 is 1.83 bits per heavy atom. The van der Waals surface area contributed by atoms with E-state index in [1.54, 1.807) is 18.2 Å². The molecule has 3 rings (SSSR count). The van der Waals surface area contributed by atoms with Crippen LogP contribution < -0.4 is 14.8 Å². The molecule has 0 bridgehead atoms. The van der Waals surface area contributed by atoms with Crippen molar-refractivity contribution in [3.05, 3.63) is 18.2 Å². The van der Waals surface area contributed by atoms with Gasteiger partial charge in [0.25, 0.3) is 0 Å². The van der Waals surface area contributed by atoms with E-state index in [1.165, 1.54) is 0 Å². The van der Waals surface area contributed by atoms with Crippen LogP contribution in [0.15, 0.2) is 18.2 Å². The van der Waals surface area contributed by atoms with Gasteiger partial charge in [0.05, 0.1) is 11.8 Å². The Bertz CT molecular complexity index is 625. The van der Waals surface area contributed by atoms with Crippen molar-refractivity contribution in [1.29, 1.82) is 0 Å². The lowest BCUT2D eigenvalue weighted by atomic mass is 10.2. The predicted octanol–water partition coefficient (Wildman–Crippen LogP) is 2.64. The zero-order valence-corrected chi connectivity index (χ0v) is 14.2. The Labute approximate surface area is 142 Å². The molecule has 2 atom stereocenters. The average molecular weight is 332 g/mol. The number of ether oxygens (including phenoxy) is 2. The Hall–Kier alpha value is -2.24. The van der Waals surface area contributed by atoms with Crippen LogP contribution in [0.3, 0.4) is 0 Å². The second-order valence-corrected chi connectivity index (χ2v) is 6.33. The highest BCUT2D eigenvalue weighted by Gasteiger charge is 2.49. The van der Waals surface area contributed by atoms with E-state index >= 15 is 0 Å². The van der Waals surface area contributed by atoms with E-state index in [1.807, 2.05) is 4.90 Å². The van der Waals surface area contributed by atoms with Crippen LogP contribution in [0.2, 0.25) is 0 Å². The minimum absolute atomic E-state index is 0.0971. The van der Waals surface area contributed by atoms with Crippen LogP contribution in [0.4, 0.5) is 5.69 Å². The normalized spacial score (nSPS) is 20.6. The Kier molecular flexibility index (Phi) is 4.92. The summed E-state index contributed by atoms with van der Waals surface area (Å²) < 4.78 is 10.6. The molecular weight excluding hydrogens is 308 g/mol. The van der Waals surface area contributed by atoms with Gasteiger partial charge >= 0.3 is 0 Å². The fraction of sp³-hybridized carbons (Fsp3) is 0.556. The maximum absolute atomic E-state index is 12.5. The molecule has 1 aliphatic heterocycles. The van der Waals surface area contributed by atoms with Crippen LogP contribution in [0, 0.1) is 11.8 Å². The number of hydrogen-bond acceptors (Lipinski definition) is 4. The van der Waals surface area contributed by atoms with Gasteiger partial charge in [-0.2, -0.15) is 0 Å². The topological polar surface area (TPSA) is 67.9 Å². The number of benzene rings is 1. The monoisotopic (exact) mass is 332 g/mol. The summed E-state index contributed by atoms with van der Waals surface area (Å²) in [6, 6.07) is 5.31. The summed E-state index contributed by atoms with van der Waals surface area (Å²) in [6.07, 6.45) is 2.51. The van der Waals surface area contributed by atoms with Crippen LogP contribution >= 0.6 is 0 Å². The molecule has 0 spiro atoms. The summed E-state index contributed by atoms with van der Waals surface area (Å²) >= 11 is 0. The second kappa shape index (κ2) is 7.11. The summed E-state index contributed by atoms with van der Waals surface area (Å²) in [5, 5.41) is 2.88. The van der Waals surface area contributed by atoms with Crippen molar-refractivity contribution in [3.63, 3.8) is 0 Å². The average Bonchev–Trinajstić information content (AvgIpc) is 3.24. The molecule has 1 fully saturated rings. The number of hydrogen-bond donors (Lipinski definition) is 1. The number of amides is 2. The molecule has 6 nitrogen and oxygen atoms in total. The van der Waals surface area contributed by atoms with Crippen LogP contribution in [0.1, 0.15) is 33.1 Å². The van der Waals surface area contributed by atoms with Gasteiger partial charge in [-0.3, -0.25) is 9.59 Å². The van der Waals surface area contributed by atoms with E-state index in [4.69, 9.17) is 9.47 Å². The Balaban J connectivity index is 1.56. The third-order valence-electron chi connectivity index (χ3n) is 4.38. The molecule has 6 heteroatoms. The maximum atomic E-state index is 12.5. The number of fused-ring (bicyclic) bond motifs is 1. The summed E-state index contributed by atoms with van der Waals surface area (Å²) in [5.74, 6) is 0.941. The fourth-order valence-corrected chi connectivity index (χ4v) is 3.07. The first kappa shape index (κ1) is 16.6. The summed E-state index contributed by atoms with van der Waals surface area (Å²) in [4.78, 5) is 26.8. The molecule has 0 radical (unpaired) electrons. The zero-order valence-electron chi connectivity index (χ0n) is 14.2. The van der Waals surface area contributed by atoms with Crippen molar-refractivity contribution in [2.24, 2.45) is 11.8 Å². The molecule has 2 aliphatic rings. The van der Waals surface area contributed by atoms with Gasteiger partial charge in [0.2, 0.25) is 18.6 Å². The molecule has 1 N–H and O–H groups in total. The summed E-state index contributed by atoms with van der Waals surface area (Å²) in [7, 11) is 0. The van der Waals surface area contributed by atoms with Crippen LogP contribution in [0.25, 0.3) is 0 Å². The Morgan fingerprint density at radius 3 is 2.54 bits per heavy atom. The predicted molar refractivity (Wildman–Crippen MR) is 90.0 cm³/mol. The molecule has 1 aromatic carbocycles. The molecule has 130 valence electrons. The van der Waals surface area contributed by atoms with Gasteiger partial charge in [0, 0.05) is 24.8 Å². The van der Waals surface area contributed by atoms with Crippen molar-refractivity contribution < 1.29 is 19.1 Å². The van der Waals surface area contributed by atoms with Crippen LogP contribution in [0.5, 0.6) is 11.5 Å². The SMILES string of the molecule is CCCN(CCC)C(=O)C1CC1C(=O)Nc1ccc2c(c1)OCO2. The third-order valence-corrected chi connectivity index (χ3v) is 4.38. The largest absolute Gasteiger partial charge is 0.454 e. The minimum atomic E-state index is -0.223. The van der Waals surface area contributed by atoms with Crippen LogP contribution in [-0.4, -0.2) is 36.6 Å². The van der Waals surface area contributed by atoms with Gasteiger partial charge in [-0.1, -0.05) is 13.8 Å². The van der Waals surface area contributed by atoms with Gasteiger partial charge in [-0.05, 0) is 31.4 Å². The van der Waals surface area contributed by atoms with E-state index in [2.05, 4.69) is 19.2 Å². The van der Waals surface area contributed by atoms with E-state index in [0.29, 0.717) is 23.6 Å². The lowest BCUT2D eigenvalue weighted by Crippen LogP contribution is -2.34. The highest BCUT2D eigenvalue weighted by Crippen LogP contribution is 2.41.